The smallest absolute Gasteiger partial charge is 0.363 e. The summed E-state index contributed by atoms with van der Waals surface area (Å²) in [6.45, 7) is 0.167. The fraction of sp³-hybridized carbons (Fsp3) is 0.0833. The molecule has 0 aliphatic carbocycles. The minimum Gasteiger partial charge on any atom is -0.493 e. The zero-order valence-electron chi connectivity index (χ0n) is 18.0. The van der Waals surface area contributed by atoms with E-state index in [1.807, 2.05) is 18.2 Å². The number of non-ortho nitro benzene ring substituents is 1. The Hall–Kier alpha value is -3.59. The highest BCUT2D eigenvalue weighted by molar-refractivity contribution is 6.34. The highest BCUT2D eigenvalue weighted by atomic mass is 35.5. The van der Waals surface area contributed by atoms with Crippen LogP contribution in [0.4, 0.5) is 5.69 Å². The SMILES string of the molecule is COc1cc(/C=C2\N=C(c3cc([N+](=O)[O-])ccc3Cl)OC2=O)cc(Cl)c1OCc1ccccc1Cl. The van der Waals surface area contributed by atoms with E-state index in [0.717, 1.165) is 5.56 Å². The maximum atomic E-state index is 12.4. The first-order chi connectivity index (χ1) is 16.8. The van der Waals surface area contributed by atoms with Gasteiger partial charge in [-0.2, -0.15) is 0 Å². The van der Waals surface area contributed by atoms with E-state index >= 15 is 0 Å². The topological polar surface area (TPSA) is 100 Å². The van der Waals surface area contributed by atoms with Gasteiger partial charge in [-0.25, -0.2) is 9.79 Å². The van der Waals surface area contributed by atoms with Gasteiger partial charge in [0.05, 0.1) is 27.6 Å². The fourth-order valence-electron chi connectivity index (χ4n) is 3.20. The molecule has 0 radical (unpaired) electrons. The quantitative estimate of drug-likeness (QED) is 0.149. The molecule has 0 atom stereocenters. The monoisotopic (exact) mass is 532 g/mol. The van der Waals surface area contributed by atoms with Gasteiger partial charge in [-0.1, -0.05) is 53.0 Å². The van der Waals surface area contributed by atoms with Crippen molar-refractivity contribution >= 4 is 58.4 Å². The van der Waals surface area contributed by atoms with Gasteiger partial charge in [0.15, 0.2) is 17.2 Å². The summed E-state index contributed by atoms with van der Waals surface area (Å²) in [4.78, 5) is 27.1. The molecule has 35 heavy (non-hydrogen) atoms. The number of aliphatic imine (C=N–C) groups is 1. The predicted molar refractivity (Wildman–Crippen MR) is 133 cm³/mol. The standard InChI is InChI=1S/C24H15Cl3N2O6/c1-33-21-10-13(8-19(27)22(21)34-12-14-4-2-3-5-17(14)25)9-20-24(30)35-23(28-20)16-11-15(29(31)32)6-7-18(16)26/h2-11H,12H2,1H3/b20-9-. The zero-order valence-corrected chi connectivity index (χ0v) is 20.2. The number of rotatable bonds is 7. The molecule has 1 heterocycles. The number of carbonyl (C=O) groups excluding carboxylic acids is 1. The Labute approximate surface area is 214 Å². The van der Waals surface area contributed by atoms with Gasteiger partial charge in [0.25, 0.3) is 5.69 Å². The fourth-order valence-corrected chi connectivity index (χ4v) is 3.86. The summed E-state index contributed by atoms with van der Waals surface area (Å²) in [6.07, 6.45) is 1.44. The van der Waals surface area contributed by atoms with Crippen molar-refractivity contribution in [2.75, 3.05) is 7.11 Å². The van der Waals surface area contributed by atoms with Crippen molar-refractivity contribution in [1.82, 2.24) is 0 Å². The predicted octanol–water partition coefficient (Wildman–Crippen LogP) is 6.49. The highest BCUT2D eigenvalue weighted by Crippen LogP contribution is 2.38. The van der Waals surface area contributed by atoms with Crippen LogP contribution in [0.25, 0.3) is 6.08 Å². The molecule has 0 spiro atoms. The molecule has 0 saturated carbocycles. The van der Waals surface area contributed by atoms with E-state index in [2.05, 4.69) is 4.99 Å². The van der Waals surface area contributed by atoms with Gasteiger partial charge in [0, 0.05) is 22.7 Å². The molecular weight excluding hydrogens is 519 g/mol. The van der Waals surface area contributed by atoms with Gasteiger partial charge < -0.3 is 14.2 Å². The molecule has 4 rings (SSSR count). The van der Waals surface area contributed by atoms with E-state index in [4.69, 9.17) is 49.0 Å². The third-order valence-corrected chi connectivity index (χ3v) is 5.88. The summed E-state index contributed by atoms with van der Waals surface area (Å²) in [7, 11) is 1.45. The van der Waals surface area contributed by atoms with Crippen LogP contribution in [0.15, 0.2) is 65.3 Å². The number of halogens is 3. The number of nitro groups is 1. The van der Waals surface area contributed by atoms with Crippen molar-refractivity contribution in [3.05, 3.63) is 102 Å². The molecule has 0 N–H and O–H groups in total. The number of cyclic esters (lactones) is 1. The van der Waals surface area contributed by atoms with Crippen molar-refractivity contribution in [3.63, 3.8) is 0 Å². The van der Waals surface area contributed by atoms with Gasteiger partial charge >= 0.3 is 5.97 Å². The molecule has 0 unspecified atom stereocenters. The number of ether oxygens (including phenoxy) is 3. The first-order valence-electron chi connectivity index (χ1n) is 9.97. The van der Waals surface area contributed by atoms with Crippen LogP contribution >= 0.6 is 34.8 Å². The molecule has 0 fully saturated rings. The van der Waals surface area contributed by atoms with E-state index in [0.29, 0.717) is 22.1 Å². The number of nitro benzene ring substituents is 1. The molecule has 0 aromatic heterocycles. The summed E-state index contributed by atoms with van der Waals surface area (Å²) >= 11 is 18.7. The van der Waals surface area contributed by atoms with Gasteiger partial charge in [0.2, 0.25) is 5.90 Å². The third kappa shape index (κ3) is 5.40. The summed E-state index contributed by atoms with van der Waals surface area (Å²) in [5.41, 5.74) is 1.11. The third-order valence-electron chi connectivity index (χ3n) is 4.90. The van der Waals surface area contributed by atoms with Crippen molar-refractivity contribution < 1.29 is 23.9 Å². The van der Waals surface area contributed by atoms with Gasteiger partial charge in [-0.05, 0) is 35.9 Å². The molecule has 3 aromatic carbocycles. The largest absolute Gasteiger partial charge is 0.493 e. The number of methoxy groups -OCH3 is 1. The Bertz CT molecular complexity index is 1400. The Morgan fingerprint density at radius 3 is 2.54 bits per heavy atom. The Kier molecular flexibility index (Phi) is 7.25. The maximum Gasteiger partial charge on any atom is 0.363 e. The average molecular weight is 534 g/mol. The number of carbonyl (C=O) groups is 1. The lowest BCUT2D eigenvalue weighted by atomic mass is 10.1. The highest BCUT2D eigenvalue weighted by Gasteiger charge is 2.27. The van der Waals surface area contributed by atoms with Crippen LogP contribution in [0.2, 0.25) is 15.1 Å². The van der Waals surface area contributed by atoms with E-state index in [1.54, 1.807) is 18.2 Å². The summed E-state index contributed by atoms with van der Waals surface area (Å²) in [5, 5.41) is 12.0. The first kappa shape index (κ1) is 24.5. The summed E-state index contributed by atoms with van der Waals surface area (Å²) < 4.78 is 16.4. The van der Waals surface area contributed by atoms with E-state index in [-0.39, 0.29) is 39.5 Å². The van der Waals surface area contributed by atoms with Gasteiger partial charge in [-0.3, -0.25) is 10.1 Å². The molecule has 1 aliphatic heterocycles. The molecule has 178 valence electrons. The number of hydrogen-bond donors (Lipinski definition) is 0. The van der Waals surface area contributed by atoms with Crippen molar-refractivity contribution in [1.29, 1.82) is 0 Å². The van der Waals surface area contributed by atoms with Crippen LogP contribution in [0, 0.1) is 10.1 Å². The van der Waals surface area contributed by atoms with Crippen LogP contribution < -0.4 is 9.47 Å². The minimum absolute atomic E-state index is 0.0505. The van der Waals surface area contributed by atoms with Gasteiger partial charge in [0.1, 0.15) is 6.61 Å². The average Bonchev–Trinajstić information content (AvgIpc) is 3.18. The normalized spacial score (nSPS) is 14.0. The lowest BCUT2D eigenvalue weighted by Crippen LogP contribution is -2.06. The Morgan fingerprint density at radius 2 is 1.83 bits per heavy atom. The summed E-state index contributed by atoms with van der Waals surface area (Å²) in [5.74, 6) is -0.268. The van der Waals surface area contributed by atoms with Crippen LogP contribution in [-0.4, -0.2) is 23.9 Å². The lowest BCUT2D eigenvalue weighted by molar-refractivity contribution is -0.384. The summed E-state index contributed by atoms with van der Waals surface area (Å²) in [6, 6.07) is 14.2. The van der Waals surface area contributed by atoms with E-state index in [1.165, 1.54) is 31.4 Å². The molecule has 3 aromatic rings. The van der Waals surface area contributed by atoms with E-state index < -0.39 is 10.9 Å². The molecule has 8 nitrogen and oxygen atoms in total. The molecule has 0 amide bonds. The van der Waals surface area contributed by atoms with Crippen LogP contribution in [0.1, 0.15) is 16.7 Å². The van der Waals surface area contributed by atoms with Crippen molar-refractivity contribution in [3.8, 4) is 11.5 Å². The van der Waals surface area contributed by atoms with Crippen molar-refractivity contribution in [2.24, 2.45) is 4.99 Å². The Morgan fingerprint density at radius 1 is 1.06 bits per heavy atom. The minimum atomic E-state index is -0.753. The molecule has 0 saturated heterocycles. The van der Waals surface area contributed by atoms with Crippen LogP contribution in [-0.2, 0) is 16.1 Å². The van der Waals surface area contributed by atoms with Crippen LogP contribution in [0.5, 0.6) is 11.5 Å². The molecular formula is C24H15Cl3N2O6. The Balaban J connectivity index is 1.63. The van der Waals surface area contributed by atoms with Gasteiger partial charge in [-0.15, -0.1) is 0 Å². The zero-order chi connectivity index (χ0) is 25.1. The number of benzene rings is 3. The molecule has 1 aliphatic rings. The van der Waals surface area contributed by atoms with E-state index in [9.17, 15) is 14.9 Å². The number of esters is 1. The number of nitrogens with zero attached hydrogens (tertiary/aromatic N) is 2. The molecule has 0 bridgehead atoms. The van der Waals surface area contributed by atoms with Crippen molar-refractivity contribution in [2.45, 2.75) is 6.61 Å². The molecule has 11 heteroatoms. The second-order valence-corrected chi connectivity index (χ2v) is 8.39. The number of hydrogen-bond acceptors (Lipinski definition) is 7. The lowest BCUT2D eigenvalue weighted by Gasteiger charge is -2.14. The second kappa shape index (κ2) is 10.4. The van der Waals surface area contributed by atoms with Crippen LogP contribution in [0.3, 0.4) is 0 Å². The maximum absolute atomic E-state index is 12.4. The first-order valence-corrected chi connectivity index (χ1v) is 11.1. The second-order valence-electron chi connectivity index (χ2n) is 7.17.